The van der Waals surface area contributed by atoms with Crippen LogP contribution in [0.1, 0.15) is 28.5 Å². The summed E-state index contributed by atoms with van der Waals surface area (Å²) in [6.45, 7) is 0. The molecule has 23 heavy (non-hydrogen) atoms. The third kappa shape index (κ3) is 2.60. The first kappa shape index (κ1) is 14.6. The Hall–Kier alpha value is -1.98. The van der Waals surface area contributed by atoms with E-state index in [1.807, 2.05) is 42.1 Å². The number of amides is 1. The Balaban J connectivity index is 1.67. The molecule has 1 N–H and O–H groups in total. The zero-order valence-corrected chi connectivity index (χ0v) is 13.8. The molecule has 1 aromatic carbocycles. The van der Waals surface area contributed by atoms with E-state index in [1.54, 1.807) is 10.6 Å². The fourth-order valence-corrected chi connectivity index (χ4v) is 4.28. The van der Waals surface area contributed by atoms with Crippen molar-refractivity contribution in [3.63, 3.8) is 0 Å². The number of carbonyl (C=O) groups is 1. The molecular weight excluding hydrogens is 330 g/mol. The Morgan fingerprint density at radius 1 is 1.26 bits per heavy atom. The maximum Gasteiger partial charge on any atom is 0.272 e. The highest BCUT2D eigenvalue weighted by Crippen LogP contribution is 2.36. The van der Waals surface area contributed by atoms with Gasteiger partial charge in [0.15, 0.2) is 10.8 Å². The number of hydrogen-bond acceptors (Lipinski definition) is 3. The first-order valence-electron chi connectivity index (χ1n) is 7.39. The minimum absolute atomic E-state index is 0.00489. The van der Waals surface area contributed by atoms with Crippen molar-refractivity contribution in [2.45, 2.75) is 17.4 Å². The number of nitrogens with one attached hydrogen (secondary N) is 1. The summed E-state index contributed by atoms with van der Waals surface area (Å²) in [6, 6.07) is 13.8. The van der Waals surface area contributed by atoms with E-state index >= 15 is 0 Å². The molecule has 3 aromatic rings. The fourth-order valence-electron chi connectivity index (χ4n) is 2.89. The number of imidazole rings is 1. The minimum Gasteiger partial charge on any atom is -0.344 e. The minimum atomic E-state index is -0.194. The van der Waals surface area contributed by atoms with Crippen molar-refractivity contribution < 1.29 is 4.79 Å². The van der Waals surface area contributed by atoms with Crippen molar-refractivity contribution in [2.24, 2.45) is 0 Å². The van der Waals surface area contributed by atoms with E-state index in [4.69, 9.17) is 11.6 Å². The van der Waals surface area contributed by atoms with Crippen molar-refractivity contribution in [3.8, 4) is 0 Å². The van der Waals surface area contributed by atoms with E-state index in [9.17, 15) is 4.79 Å². The lowest BCUT2D eigenvalue weighted by atomic mass is 10.0. The molecule has 1 unspecified atom stereocenters. The number of thioether (sulfide) groups is 1. The van der Waals surface area contributed by atoms with Crippen molar-refractivity contribution in [1.82, 2.24) is 14.7 Å². The smallest absolute Gasteiger partial charge is 0.272 e. The number of benzene rings is 1. The van der Waals surface area contributed by atoms with Gasteiger partial charge in [-0.25, -0.2) is 4.98 Å². The maximum absolute atomic E-state index is 12.8. The van der Waals surface area contributed by atoms with Crippen LogP contribution in [0, 0.1) is 0 Å². The van der Waals surface area contributed by atoms with Crippen molar-refractivity contribution in [1.29, 1.82) is 0 Å². The molecule has 0 bridgehead atoms. The van der Waals surface area contributed by atoms with Crippen LogP contribution in [-0.2, 0) is 0 Å². The van der Waals surface area contributed by atoms with Gasteiger partial charge in [0.25, 0.3) is 5.91 Å². The van der Waals surface area contributed by atoms with E-state index in [2.05, 4.69) is 22.4 Å². The number of halogens is 1. The third-order valence-corrected chi connectivity index (χ3v) is 5.35. The number of carbonyl (C=O) groups excluding carboxylic acids is 1. The van der Waals surface area contributed by atoms with Gasteiger partial charge in [-0.3, -0.25) is 9.20 Å². The molecule has 0 saturated carbocycles. The highest BCUT2D eigenvalue weighted by Gasteiger charge is 2.25. The van der Waals surface area contributed by atoms with Gasteiger partial charge < -0.3 is 5.32 Å². The van der Waals surface area contributed by atoms with Crippen LogP contribution in [0.15, 0.2) is 53.6 Å². The highest BCUT2D eigenvalue weighted by molar-refractivity contribution is 7.99. The second-order valence-corrected chi connectivity index (χ2v) is 6.88. The van der Waals surface area contributed by atoms with Crippen LogP contribution in [0.5, 0.6) is 0 Å². The average Bonchev–Trinajstić information content (AvgIpc) is 2.91. The summed E-state index contributed by atoms with van der Waals surface area (Å²) >= 11 is 8.01. The Labute approximate surface area is 142 Å². The molecule has 0 radical (unpaired) electrons. The highest BCUT2D eigenvalue weighted by atomic mass is 35.5. The van der Waals surface area contributed by atoms with Crippen LogP contribution in [0.2, 0.25) is 5.15 Å². The summed E-state index contributed by atoms with van der Waals surface area (Å²) in [5, 5.41) is 3.34. The van der Waals surface area contributed by atoms with Crippen LogP contribution in [0.25, 0.3) is 5.65 Å². The van der Waals surface area contributed by atoms with Gasteiger partial charge in [-0.15, -0.1) is 11.8 Å². The molecule has 4 rings (SSSR count). The average molecular weight is 344 g/mol. The Kier molecular flexibility index (Phi) is 3.75. The van der Waals surface area contributed by atoms with E-state index in [-0.39, 0.29) is 17.1 Å². The van der Waals surface area contributed by atoms with Gasteiger partial charge in [-0.2, -0.15) is 0 Å². The van der Waals surface area contributed by atoms with Gasteiger partial charge in [-0.1, -0.05) is 35.9 Å². The first-order chi connectivity index (χ1) is 11.2. The molecule has 1 aliphatic rings. The van der Waals surface area contributed by atoms with Crippen LogP contribution >= 0.6 is 23.4 Å². The second kappa shape index (κ2) is 5.91. The van der Waals surface area contributed by atoms with Crippen molar-refractivity contribution in [2.75, 3.05) is 5.75 Å². The van der Waals surface area contributed by atoms with Crippen LogP contribution in [0.4, 0.5) is 0 Å². The summed E-state index contributed by atoms with van der Waals surface area (Å²) in [6.07, 6.45) is 2.70. The summed E-state index contributed by atoms with van der Waals surface area (Å²) in [4.78, 5) is 18.2. The van der Waals surface area contributed by atoms with E-state index in [0.717, 1.165) is 12.2 Å². The number of pyridine rings is 1. The van der Waals surface area contributed by atoms with Crippen LogP contribution in [-0.4, -0.2) is 21.0 Å². The molecule has 0 spiro atoms. The van der Waals surface area contributed by atoms with Gasteiger partial charge in [0.05, 0.1) is 6.04 Å². The van der Waals surface area contributed by atoms with E-state index in [1.165, 1.54) is 10.5 Å². The van der Waals surface area contributed by atoms with Gasteiger partial charge in [0, 0.05) is 16.8 Å². The molecule has 1 aliphatic heterocycles. The fraction of sp³-hybridized carbons (Fsp3) is 0.176. The molecule has 0 fully saturated rings. The predicted octanol–water partition coefficient (Wildman–Crippen LogP) is 3.95. The molecule has 2 aromatic heterocycles. The molecule has 0 saturated heterocycles. The number of nitrogens with zero attached hydrogens (tertiary/aromatic N) is 2. The zero-order chi connectivity index (χ0) is 15.8. The predicted molar refractivity (Wildman–Crippen MR) is 92.2 cm³/mol. The number of aromatic nitrogens is 2. The molecule has 6 heteroatoms. The SMILES string of the molecule is O=C(NC1CCSc2ccccc21)c1c(Cl)nc2ccccn12. The molecule has 1 atom stereocenters. The van der Waals surface area contributed by atoms with Crippen molar-refractivity contribution in [3.05, 3.63) is 65.1 Å². The van der Waals surface area contributed by atoms with Gasteiger partial charge >= 0.3 is 0 Å². The van der Waals surface area contributed by atoms with Crippen molar-refractivity contribution >= 4 is 34.9 Å². The number of rotatable bonds is 2. The molecule has 4 nitrogen and oxygen atoms in total. The lowest BCUT2D eigenvalue weighted by molar-refractivity contribution is 0.0929. The molecule has 0 aliphatic carbocycles. The number of hydrogen-bond donors (Lipinski definition) is 1. The standard InChI is InChI=1S/C17H14ClN3OS/c18-16-15(21-9-4-3-7-14(21)20-16)17(22)19-12-8-10-23-13-6-2-1-5-11(12)13/h1-7,9,12H,8,10H2,(H,19,22). The molecule has 3 heterocycles. The quantitative estimate of drug-likeness (QED) is 0.766. The Bertz CT molecular complexity index is 892. The lowest BCUT2D eigenvalue weighted by Gasteiger charge is -2.25. The van der Waals surface area contributed by atoms with E-state index < -0.39 is 0 Å². The van der Waals surface area contributed by atoms with E-state index in [0.29, 0.717) is 11.3 Å². The normalized spacial score (nSPS) is 17.0. The summed E-state index contributed by atoms with van der Waals surface area (Å²) < 4.78 is 1.72. The van der Waals surface area contributed by atoms with Crippen LogP contribution in [0.3, 0.4) is 0 Å². The van der Waals surface area contributed by atoms with Gasteiger partial charge in [0.1, 0.15) is 5.65 Å². The zero-order valence-electron chi connectivity index (χ0n) is 12.2. The molecule has 116 valence electrons. The van der Waals surface area contributed by atoms with Crippen LogP contribution < -0.4 is 5.32 Å². The summed E-state index contributed by atoms with van der Waals surface area (Å²) in [5.41, 5.74) is 2.22. The summed E-state index contributed by atoms with van der Waals surface area (Å²) in [5.74, 6) is 0.795. The summed E-state index contributed by atoms with van der Waals surface area (Å²) in [7, 11) is 0. The van der Waals surface area contributed by atoms with Gasteiger partial charge in [-0.05, 0) is 30.2 Å². The number of fused-ring (bicyclic) bond motifs is 2. The molecular formula is C17H14ClN3OS. The Morgan fingerprint density at radius 3 is 3.00 bits per heavy atom. The molecule has 1 amide bonds. The first-order valence-corrected chi connectivity index (χ1v) is 8.75. The Morgan fingerprint density at radius 2 is 2.09 bits per heavy atom. The third-order valence-electron chi connectivity index (χ3n) is 3.97. The maximum atomic E-state index is 12.8. The largest absolute Gasteiger partial charge is 0.344 e. The monoisotopic (exact) mass is 343 g/mol. The van der Waals surface area contributed by atoms with Gasteiger partial charge in [0.2, 0.25) is 0 Å². The second-order valence-electron chi connectivity index (χ2n) is 5.38. The topological polar surface area (TPSA) is 46.4 Å². The lowest BCUT2D eigenvalue weighted by Crippen LogP contribution is -2.31.